The summed E-state index contributed by atoms with van der Waals surface area (Å²) in [4.78, 5) is 0.384. The molecule has 0 radical (unpaired) electrons. The molecule has 0 aliphatic rings. The maximum atomic E-state index is 8.70. The van der Waals surface area contributed by atoms with Crippen molar-refractivity contribution >= 4 is 17.2 Å². The van der Waals surface area contributed by atoms with E-state index in [2.05, 4.69) is 0 Å². The normalized spacial score (nSPS) is 9.55. The molecule has 0 spiro atoms. The Morgan fingerprint density at radius 1 is 1.36 bits per heavy atom. The maximum absolute atomic E-state index is 8.70. The standard InChI is InChI=1S/C8H9NOS/c9-8(11)7-3-1-6(5-10)2-4-7/h1-4,10H,5H2,(H2,9,11). The van der Waals surface area contributed by atoms with E-state index in [1.54, 1.807) is 24.3 Å². The van der Waals surface area contributed by atoms with Gasteiger partial charge in [-0.05, 0) is 5.56 Å². The van der Waals surface area contributed by atoms with Gasteiger partial charge in [-0.3, -0.25) is 0 Å². The summed E-state index contributed by atoms with van der Waals surface area (Å²) in [5.41, 5.74) is 7.07. The molecule has 0 unspecified atom stereocenters. The third-order valence-electron chi connectivity index (χ3n) is 1.42. The lowest BCUT2D eigenvalue weighted by Crippen LogP contribution is -2.08. The Labute approximate surface area is 70.7 Å². The Bertz CT molecular complexity index is 255. The van der Waals surface area contributed by atoms with Gasteiger partial charge in [-0.15, -0.1) is 0 Å². The quantitative estimate of drug-likeness (QED) is 0.641. The number of benzene rings is 1. The van der Waals surface area contributed by atoms with Crippen LogP contribution in [0.25, 0.3) is 0 Å². The number of rotatable bonds is 2. The smallest absolute Gasteiger partial charge is 0.103 e. The van der Waals surface area contributed by atoms with Crippen LogP contribution in [-0.2, 0) is 6.61 Å². The molecule has 0 aliphatic carbocycles. The van der Waals surface area contributed by atoms with E-state index in [0.29, 0.717) is 4.99 Å². The zero-order valence-corrected chi connectivity index (χ0v) is 6.77. The van der Waals surface area contributed by atoms with E-state index in [0.717, 1.165) is 11.1 Å². The lowest BCUT2D eigenvalue weighted by atomic mass is 10.1. The average molecular weight is 167 g/mol. The van der Waals surface area contributed by atoms with Crippen LogP contribution in [-0.4, -0.2) is 10.1 Å². The van der Waals surface area contributed by atoms with Crippen molar-refractivity contribution in [3.8, 4) is 0 Å². The lowest BCUT2D eigenvalue weighted by molar-refractivity contribution is 0.282. The predicted molar refractivity (Wildman–Crippen MR) is 48.3 cm³/mol. The zero-order chi connectivity index (χ0) is 8.27. The first kappa shape index (κ1) is 8.17. The van der Waals surface area contributed by atoms with Gasteiger partial charge in [0.2, 0.25) is 0 Å². The molecular weight excluding hydrogens is 158 g/mol. The summed E-state index contributed by atoms with van der Waals surface area (Å²) in [5.74, 6) is 0. The van der Waals surface area contributed by atoms with Gasteiger partial charge in [0.25, 0.3) is 0 Å². The molecule has 1 aromatic carbocycles. The molecule has 0 bridgehead atoms. The predicted octanol–water partition coefficient (Wildman–Crippen LogP) is 0.813. The Kier molecular flexibility index (Phi) is 2.57. The van der Waals surface area contributed by atoms with E-state index in [1.165, 1.54) is 0 Å². The summed E-state index contributed by atoms with van der Waals surface area (Å²) >= 11 is 4.76. The first-order valence-electron chi connectivity index (χ1n) is 3.23. The number of nitrogens with two attached hydrogens (primary N) is 1. The Morgan fingerprint density at radius 3 is 2.27 bits per heavy atom. The summed E-state index contributed by atoms with van der Waals surface area (Å²) in [6, 6.07) is 7.20. The van der Waals surface area contributed by atoms with Gasteiger partial charge in [-0.1, -0.05) is 36.5 Å². The molecule has 1 aromatic rings. The molecule has 0 heterocycles. The number of hydrogen-bond acceptors (Lipinski definition) is 2. The van der Waals surface area contributed by atoms with Crippen LogP contribution < -0.4 is 5.73 Å². The molecule has 11 heavy (non-hydrogen) atoms. The first-order valence-corrected chi connectivity index (χ1v) is 3.64. The summed E-state index contributed by atoms with van der Waals surface area (Å²) in [5, 5.41) is 8.70. The molecule has 2 nitrogen and oxygen atoms in total. The summed E-state index contributed by atoms with van der Waals surface area (Å²) < 4.78 is 0. The van der Waals surface area contributed by atoms with E-state index in [1.807, 2.05) is 0 Å². The van der Waals surface area contributed by atoms with E-state index < -0.39 is 0 Å². The van der Waals surface area contributed by atoms with Gasteiger partial charge >= 0.3 is 0 Å². The SMILES string of the molecule is NC(=S)c1ccc(CO)cc1. The highest BCUT2D eigenvalue weighted by Gasteiger charge is 1.94. The fourth-order valence-corrected chi connectivity index (χ4v) is 0.911. The summed E-state index contributed by atoms with van der Waals surface area (Å²) in [7, 11) is 0. The molecule has 0 atom stereocenters. The second-order valence-corrected chi connectivity index (χ2v) is 2.66. The van der Waals surface area contributed by atoms with Gasteiger partial charge in [0.15, 0.2) is 0 Å². The minimum Gasteiger partial charge on any atom is -0.392 e. The topological polar surface area (TPSA) is 46.2 Å². The molecule has 0 saturated carbocycles. The summed E-state index contributed by atoms with van der Waals surface area (Å²) in [6.45, 7) is 0.0532. The van der Waals surface area contributed by atoms with Crippen LogP contribution in [0.15, 0.2) is 24.3 Å². The Hall–Kier alpha value is -0.930. The van der Waals surface area contributed by atoms with Gasteiger partial charge in [0.1, 0.15) is 4.99 Å². The van der Waals surface area contributed by atoms with E-state index in [-0.39, 0.29) is 6.61 Å². The highest BCUT2D eigenvalue weighted by Crippen LogP contribution is 2.03. The third-order valence-corrected chi connectivity index (χ3v) is 1.66. The van der Waals surface area contributed by atoms with Crippen molar-refractivity contribution in [2.45, 2.75) is 6.61 Å². The fraction of sp³-hybridized carbons (Fsp3) is 0.125. The van der Waals surface area contributed by atoms with E-state index in [9.17, 15) is 0 Å². The number of hydrogen-bond donors (Lipinski definition) is 2. The number of thiocarbonyl (C=S) groups is 1. The monoisotopic (exact) mass is 167 g/mol. The second-order valence-electron chi connectivity index (χ2n) is 2.22. The van der Waals surface area contributed by atoms with Crippen molar-refractivity contribution in [2.75, 3.05) is 0 Å². The van der Waals surface area contributed by atoms with Crippen molar-refractivity contribution in [3.05, 3.63) is 35.4 Å². The number of aliphatic hydroxyl groups is 1. The Morgan fingerprint density at radius 2 is 1.91 bits per heavy atom. The minimum atomic E-state index is 0.0532. The molecule has 1 rings (SSSR count). The molecule has 3 N–H and O–H groups in total. The molecule has 0 aromatic heterocycles. The third kappa shape index (κ3) is 2.00. The first-order chi connectivity index (χ1) is 5.24. The van der Waals surface area contributed by atoms with Crippen LogP contribution in [0, 0.1) is 0 Å². The van der Waals surface area contributed by atoms with Gasteiger partial charge in [0.05, 0.1) is 6.61 Å². The van der Waals surface area contributed by atoms with Crippen LogP contribution >= 0.6 is 12.2 Å². The van der Waals surface area contributed by atoms with Crippen LogP contribution in [0.2, 0.25) is 0 Å². The molecule has 0 aliphatic heterocycles. The van der Waals surface area contributed by atoms with Crippen molar-refractivity contribution in [1.29, 1.82) is 0 Å². The van der Waals surface area contributed by atoms with E-state index >= 15 is 0 Å². The fourth-order valence-electron chi connectivity index (χ4n) is 0.774. The van der Waals surface area contributed by atoms with Crippen LogP contribution in [0.5, 0.6) is 0 Å². The van der Waals surface area contributed by atoms with Crippen LogP contribution in [0.4, 0.5) is 0 Å². The van der Waals surface area contributed by atoms with Crippen molar-refractivity contribution < 1.29 is 5.11 Å². The van der Waals surface area contributed by atoms with Gasteiger partial charge < -0.3 is 10.8 Å². The second kappa shape index (κ2) is 3.46. The molecule has 0 saturated heterocycles. The highest BCUT2D eigenvalue weighted by atomic mass is 32.1. The van der Waals surface area contributed by atoms with Crippen molar-refractivity contribution in [2.24, 2.45) is 5.73 Å². The Balaban J connectivity index is 2.91. The molecule has 0 fully saturated rings. The maximum Gasteiger partial charge on any atom is 0.103 e. The molecule has 3 heteroatoms. The van der Waals surface area contributed by atoms with Gasteiger partial charge in [-0.25, -0.2) is 0 Å². The molecular formula is C8H9NOS. The largest absolute Gasteiger partial charge is 0.392 e. The van der Waals surface area contributed by atoms with Crippen LogP contribution in [0.3, 0.4) is 0 Å². The van der Waals surface area contributed by atoms with Gasteiger partial charge in [0, 0.05) is 5.56 Å². The van der Waals surface area contributed by atoms with E-state index in [4.69, 9.17) is 23.1 Å². The zero-order valence-electron chi connectivity index (χ0n) is 5.95. The highest BCUT2D eigenvalue weighted by molar-refractivity contribution is 7.80. The molecule has 0 amide bonds. The minimum absolute atomic E-state index is 0.0532. The summed E-state index contributed by atoms with van der Waals surface area (Å²) in [6.07, 6.45) is 0. The lowest BCUT2D eigenvalue weighted by Gasteiger charge is -1.98. The van der Waals surface area contributed by atoms with Crippen molar-refractivity contribution in [3.63, 3.8) is 0 Å². The average Bonchev–Trinajstić information content (AvgIpc) is 2.05. The number of aliphatic hydroxyl groups excluding tert-OH is 1. The van der Waals surface area contributed by atoms with Gasteiger partial charge in [-0.2, -0.15) is 0 Å². The molecule has 58 valence electrons. The van der Waals surface area contributed by atoms with Crippen LogP contribution in [0.1, 0.15) is 11.1 Å². The van der Waals surface area contributed by atoms with Crippen molar-refractivity contribution in [1.82, 2.24) is 0 Å².